The minimum Gasteiger partial charge on any atom is -0.393 e. The zero-order valence-electron chi connectivity index (χ0n) is 38.3. The number of rotatable bonds is 11. The van der Waals surface area contributed by atoms with E-state index in [9.17, 15) is 56.2 Å². The predicted octanol–water partition coefficient (Wildman–Crippen LogP) is 0.222. The highest BCUT2D eigenvalue weighted by atomic mass is 16.7. The van der Waals surface area contributed by atoms with Crippen LogP contribution >= 0.6 is 0 Å². The Bertz CT molecular complexity index is 1610. The zero-order valence-corrected chi connectivity index (χ0v) is 38.3. The molecule has 7 fully saturated rings. The molecule has 364 valence electrons. The van der Waals surface area contributed by atoms with Gasteiger partial charge in [-0.05, 0) is 117 Å². The van der Waals surface area contributed by atoms with E-state index < -0.39 is 121 Å². The summed E-state index contributed by atoms with van der Waals surface area (Å²) >= 11 is 0. The van der Waals surface area contributed by atoms with Crippen LogP contribution in [-0.4, -0.2) is 180 Å². The molecule has 0 aromatic heterocycles. The molecule has 7 rings (SSSR count). The summed E-state index contributed by atoms with van der Waals surface area (Å²) in [6.07, 6.45) is -14.4. The van der Waals surface area contributed by atoms with Gasteiger partial charge in [-0.1, -0.05) is 46.3 Å². The number of aliphatic hydroxyl groups is 11. The lowest BCUT2D eigenvalue weighted by molar-refractivity contribution is -0.351. The molecule has 7 aliphatic rings. The lowest BCUT2D eigenvalue weighted by Crippen LogP contribution is -2.70. The Hall–Kier alpha value is -0.940. The molecule has 24 atom stereocenters. The van der Waals surface area contributed by atoms with Gasteiger partial charge >= 0.3 is 0 Å². The summed E-state index contributed by atoms with van der Waals surface area (Å²) in [5.41, 5.74) is -1.50. The SMILES string of the molecule is CC(C)=CCC[C@](C)(OC1OC(COC2OCC(OC3OCC(O)C(O)C3O)C(O)C2O)C(O)C(O)C1O)C1CC[C@]2(C)C1C(O)CC1[C@@]3(C)CCC(O)C(C)(C)C3C(O)C[C@]12C. The Morgan fingerprint density at radius 3 is 2.03 bits per heavy atom. The molecule has 17 heteroatoms. The fraction of sp³-hybridized carbons (Fsp3) is 0.957. The lowest BCUT2D eigenvalue weighted by Gasteiger charge is -2.71. The highest BCUT2D eigenvalue weighted by molar-refractivity contribution is 5.22. The molecule has 3 heterocycles. The highest BCUT2D eigenvalue weighted by Crippen LogP contribution is 2.76. The van der Waals surface area contributed by atoms with E-state index in [1.165, 1.54) is 0 Å². The van der Waals surface area contributed by atoms with Gasteiger partial charge in [0, 0.05) is 0 Å². The van der Waals surface area contributed by atoms with Crippen LogP contribution in [0.5, 0.6) is 0 Å². The van der Waals surface area contributed by atoms with E-state index in [4.69, 9.17) is 28.4 Å². The molecule has 0 bridgehead atoms. The maximum atomic E-state index is 12.5. The molecule has 0 aromatic rings. The van der Waals surface area contributed by atoms with Crippen LogP contribution in [-0.2, 0) is 28.4 Å². The first-order chi connectivity index (χ1) is 29.3. The minimum absolute atomic E-state index is 0.0907. The highest BCUT2D eigenvalue weighted by Gasteiger charge is 2.73. The molecule has 4 saturated carbocycles. The minimum atomic E-state index is -1.72. The second kappa shape index (κ2) is 18.2. The van der Waals surface area contributed by atoms with Gasteiger partial charge in [-0.15, -0.1) is 0 Å². The van der Waals surface area contributed by atoms with E-state index in [0.717, 1.165) is 18.4 Å². The summed E-state index contributed by atoms with van der Waals surface area (Å²) in [7, 11) is 0. The third-order valence-electron chi connectivity index (χ3n) is 17.9. The van der Waals surface area contributed by atoms with Gasteiger partial charge in [0.25, 0.3) is 0 Å². The van der Waals surface area contributed by atoms with Crippen molar-refractivity contribution in [3.8, 4) is 0 Å². The van der Waals surface area contributed by atoms with Crippen molar-refractivity contribution in [2.45, 2.75) is 211 Å². The van der Waals surface area contributed by atoms with Crippen molar-refractivity contribution in [1.29, 1.82) is 0 Å². The summed E-state index contributed by atoms with van der Waals surface area (Å²) in [6, 6.07) is 0. The lowest BCUT2D eigenvalue weighted by atomic mass is 9.34. The molecule has 63 heavy (non-hydrogen) atoms. The van der Waals surface area contributed by atoms with E-state index in [1.807, 2.05) is 20.8 Å². The van der Waals surface area contributed by atoms with Crippen LogP contribution in [0.1, 0.15) is 107 Å². The van der Waals surface area contributed by atoms with E-state index >= 15 is 0 Å². The van der Waals surface area contributed by atoms with E-state index in [0.29, 0.717) is 38.5 Å². The molecule has 0 amide bonds. The van der Waals surface area contributed by atoms with Crippen molar-refractivity contribution in [2.24, 2.45) is 45.3 Å². The molecule has 3 saturated heterocycles. The van der Waals surface area contributed by atoms with Crippen LogP contribution in [0.15, 0.2) is 11.6 Å². The van der Waals surface area contributed by atoms with E-state index in [2.05, 4.69) is 40.7 Å². The first kappa shape index (κ1) is 50.0. The number of hydrogen-bond acceptors (Lipinski definition) is 17. The third kappa shape index (κ3) is 8.53. The van der Waals surface area contributed by atoms with Gasteiger partial charge < -0.3 is 84.6 Å². The fourth-order valence-electron chi connectivity index (χ4n) is 14.3. The van der Waals surface area contributed by atoms with Gasteiger partial charge in [-0.3, -0.25) is 0 Å². The molecule has 0 radical (unpaired) electrons. The van der Waals surface area contributed by atoms with Crippen LogP contribution < -0.4 is 0 Å². The van der Waals surface area contributed by atoms with Gasteiger partial charge in [0.1, 0.15) is 61.0 Å². The monoisotopic (exact) mass is 903 g/mol. The zero-order chi connectivity index (χ0) is 46.4. The van der Waals surface area contributed by atoms with Gasteiger partial charge in [0.2, 0.25) is 0 Å². The molecule has 0 aromatic carbocycles. The fourth-order valence-corrected chi connectivity index (χ4v) is 14.3. The van der Waals surface area contributed by atoms with Crippen LogP contribution in [0.25, 0.3) is 0 Å². The standard InChI is InChI=1S/C46H78O17/c1-21(2)10-9-13-46(8,22-11-15-44(6)30(22)23(47)16-28-43(5)14-12-29(50)42(3,4)38(43)24(48)17-45(28,44)7)63-41-37(57)34(54)32(52)26(62-41)19-59-39-36(56)33(53)27(20-60-39)61-40-35(55)31(51)25(49)18-58-40/h10,22-41,47-57H,9,11-20H2,1-8H3/t22?,23?,24?,25?,26?,27?,28?,29?,30?,31?,32?,33?,34?,35?,36?,37?,38?,39?,40?,41?,43-,44-,45-,46+/m1/s1. The molecule has 11 N–H and O–H groups in total. The van der Waals surface area contributed by atoms with Crippen molar-refractivity contribution in [2.75, 3.05) is 19.8 Å². The van der Waals surface area contributed by atoms with Gasteiger partial charge in [-0.2, -0.15) is 0 Å². The van der Waals surface area contributed by atoms with Crippen LogP contribution in [0.2, 0.25) is 0 Å². The Labute approximate surface area is 371 Å². The quantitative estimate of drug-likeness (QED) is 0.124. The van der Waals surface area contributed by atoms with Gasteiger partial charge in [0.15, 0.2) is 18.9 Å². The Balaban J connectivity index is 1.07. The average molecular weight is 903 g/mol. The van der Waals surface area contributed by atoms with Gasteiger partial charge in [0.05, 0.1) is 43.7 Å². The second-order valence-electron chi connectivity index (χ2n) is 22.2. The second-order valence-corrected chi connectivity index (χ2v) is 22.2. The van der Waals surface area contributed by atoms with Crippen molar-refractivity contribution in [1.82, 2.24) is 0 Å². The third-order valence-corrected chi connectivity index (χ3v) is 17.9. The average Bonchev–Trinajstić information content (AvgIpc) is 3.60. The number of hydrogen-bond donors (Lipinski definition) is 11. The maximum absolute atomic E-state index is 12.5. The number of allylic oxidation sites excluding steroid dienone is 2. The summed E-state index contributed by atoms with van der Waals surface area (Å²) in [6.45, 7) is 15.8. The van der Waals surface area contributed by atoms with E-state index in [-0.39, 0.29) is 47.7 Å². The molecular weight excluding hydrogens is 824 g/mol. The molecular formula is C46H78O17. The van der Waals surface area contributed by atoms with Crippen molar-refractivity contribution < 1.29 is 84.6 Å². The molecule has 4 aliphatic carbocycles. The molecule has 3 aliphatic heterocycles. The smallest absolute Gasteiger partial charge is 0.187 e. The Morgan fingerprint density at radius 2 is 1.35 bits per heavy atom. The molecule has 0 spiro atoms. The molecule has 20 unspecified atom stereocenters. The number of fused-ring (bicyclic) bond motifs is 5. The van der Waals surface area contributed by atoms with Crippen molar-refractivity contribution >= 4 is 0 Å². The van der Waals surface area contributed by atoms with Crippen LogP contribution in [0.3, 0.4) is 0 Å². The summed E-state index contributed by atoms with van der Waals surface area (Å²) < 4.78 is 35.4. The van der Waals surface area contributed by atoms with Crippen molar-refractivity contribution in [3.63, 3.8) is 0 Å². The normalized spacial score (nSPS) is 53.1. The van der Waals surface area contributed by atoms with Crippen LogP contribution in [0.4, 0.5) is 0 Å². The summed E-state index contributed by atoms with van der Waals surface area (Å²) in [5, 5.41) is 121. The summed E-state index contributed by atoms with van der Waals surface area (Å²) in [4.78, 5) is 0. The number of ether oxygens (including phenoxy) is 6. The summed E-state index contributed by atoms with van der Waals surface area (Å²) in [5.74, 6) is -0.536. The number of aliphatic hydroxyl groups excluding tert-OH is 11. The maximum Gasteiger partial charge on any atom is 0.187 e. The van der Waals surface area contributed by atoms with Crippen LogP contribution in [0, 0.1) is 45.3 Å². The Kier molecular flexibility index (Phi) is 14.4. The first-order valence-electron chi connectivity index (χ1n) is 23.3. The van der Waals surface area contributed by atoms with Gasteiger partial charge in [-0.25, -0.2) is 0 Å². The first-order valence-corrected chi connectivity index (χ1v) is 23.3. The Morgan fingerprint density at radius 1 is 0.698 bits per heavy atom. The predicted molar refractivity (Wildman–Crippen MR) is 223 cm³/mol. The molecule has 17 nitrogen and oxygen atoms in total. The van der Waals surface area contributed by atoms with Crippen molar-refractivity contribution in [3.05, 3.63) is 11.6 Å². The van der Waals surface area contributed by atoms with E-state index in [1.54, 1.807) is 0 Å². The largest absolute Gasteiger partial charge is 0.393 e. The topological polar surface area (TPSA) is 278 Å².